The van der Waals surface area contributed by atoms with Gasteiger partial charge in [-0.2, -0.15) is 0 Å². The van der Waals surface area contributed by atoms with E-state index >= 15 is 0 Å². The minimum atomic E-state index is 0. The SMILES string of the molecule is CCCC/C=C/CC[NH3+].[Cl-]. The first kappa shape index (κ1) is 12.6. The first-order chi connectivity index (χ1) is 4.41. The Bertz CT molecular complexity index is 71.7. The molecule has 0 radical (unpaired) electrons. The number of unbranched alkanes of at least 4 members (excludes halogenated alkanes) is 2. The van der Waals surface area contributed by atoms with E-state index in [-0.39, 0.29) is 12.4 Å². The first-order valence-electron chi connectivity index (χ1n) is 3.86. The molecule has 0 rings (SSSR count). The van der Waals surface area contributed by atoms with Crippen molar-refractivity contribution in [1.29, 1.82) is 0 Å². The maximum absolute atomic E-state index is 3.75. The summed E-state index contributed by atoms with van der Waals surface area (Å²) in [7, 11) is 0. The van der Waals surface area contributed by atoms with Crippen molar-refractivity contribution in [2.24, 2.45) is 0 Å². The molecule has 10 heavy (non-hydrogen) atoms. The lowest BCUT2D eigenvalue weighted by Gasteiger charge is -1.86. The van der Waals surface area contributed by atoms with Gasteiger partial charge in [0.05, 0.1) is 6.54 Å². The molecule has 0 spiro atoms. The molecule has 0 unspecified atom stereocenters. The Morgan fingerprint density at radius 2 is 1.80 bits per heavy atom. The molecule has 0 fully saturated rings. The largest absolute Gasteiger partial charge is 1.00 e. The minimum Gasteiger partial charge on any atom is -1.00 e. The predicted octanol–water partition coefficient (Wildman–Crippen LogP) is -1.63. The monoisotopic (exact) mass is 163 g/mol. The summed E-state index contributed by atoms with van der Waals surface area (Å²) in [5, 5.41) is 0. The van der Waals surface area contributed by atoms with Gasteiger partial charge in [-0.15, -0.1) is 0 Å². The van der Waals surface area contributed by atoms with Crippen molar-refractivity contribution >= 4 is 0 Å². The average Bonchev–Trinajstić information content (AvgIpc) is 1.89. The number of allylic oxidation sites excluding steroid dienone is 1. The molecule has 0 heterocycles. The van der Waals surface area contributed by atoms with Crippen molar-refractivity contribution in [2.45, 2.75) is 32.6 Å². The molecule has 0 aromatic heterocycles. The number of hydrogen-bond acceptors (Lipinski definition) is 0. The molecular formula is C8H18ClN. The van der Waals surface area contributed by atoms with E-state index in [1.807, 2.05) is 0 Å². The fourth-order valence-corrected chi connectivity index (χ4v) is 0.676. The maximum Gasteiger partial charge on any atom is 0.0774 e. The fourth-order valence-electron chi connectivity index (χ4n) is 0.676. The summed E-state index contributed by atoms with van der Waals surface area (Å²) in [5.74, 6) is 0. The number of halogens is 1. The van der Waals surface area contributed by atoms with Crippen LogP contribution in [-0.4, -0.2) is 6.54 Å². The molecule has 2 heteroatoms. The lowest BCUT2D eigenvalue weighted by atomic mass is 10.2. The highest BCUT2D eigenvalue weighted by Crippen LogP contribution is 1.94. The van der Waals surface area contributed by atoms with Gasteiger partial charge < -0.3 is 18.1 Å². The summed E-state index contributed by atoms with van der Waals surface area (Å²) in [5.41, 5.74) is 3.75. The van der Waals surface area contributed by atoms with E-state index < -0.39 is 0 Å². The second kappa shape index (κ2) is 11.7. The van der Waals surface area contributed by atoms with Gasteiger partial charge in [0.25, 0.3) is 0 Å². The summed E-state index contributed by atoms with van der Waals surface area (Å²) in [6, 6.07) is 0. The summed E-state index contributed by atoms with van der Waals surface area (Å²) >= 11 is 0. The molecule has 3 N–H and O–H groups in total. The zero-order valence-electron chi connectivity index (χ0n) is 6.78. The van der Waals surface area contributed by atoms with Gasteiger partial charge >= 0.3 is 0 Å². The van der Waals surface area contributed by atoms with Crippen LogP contribution in [0.4, 0.5) is 0 Å². The summed E-state index contributed by atoms with van der Waals surface area (Å²) in [6.45, 7) is 3.25. The molecule has 1 nitrogen and oxygen atoms in total. The Morgan fingerprint density at radius 1 is 1.20 bits per heavy atom. The van der Waals surface area contributed by atoms with Crippen LogP contribution in [0, 0.1) is 0 Å². The van der Waals surface area contributed by atoms with Crippen molar-refractivity contribution in [3.05, 3.63) is 12.2 Å². The normalized spacial score (nSPS) is 9.80. The van der Waals surface area contributed by atoms with Crippen LogP contribution < -0.4 is 18.1 Å². The van der Waals surface area contributed by atoms with E-state index in [9.17, 15) is 0 Å². The first-order valence-corrected chi connectivity index (χ1v) is 3.86. The van der Waals surface area contributed by atoms with E-state index in [0.717, 1.165) is 13.0 Å². The Hall–Kier alpha value is -0.0100. The van der Waals surface area contributed by atoms with E-state index in [0.29, 0.717) is 0 Å². The molecule has 62 valence electrons. The lowest BCUT2D eigenvalue weighted by Crippen LogP contribution is -3.00. The van der Waals surface area contributed by atoms with Gasteiger partial charge in [0.2, 0.25) is 0 Å². The van der Waals surface area contributed by atoms with Gasteiger partial charge in [0.15, 0.2) is 0 Å². The van der Waals surface area contributed by atoms with Crippen LogP contribution in [0.25, 0.3) is 0 Å². The molecule has 0 amide bonds. The maximum atomic E-state index is 3.75. The van der Waals surface area contributed by atoms with Crippen LogP contribution >= 0.6 is 0 Å². The number of rotatable bonds is 5. The van der Waals surface area contributed by atoms with Crippen LogP contribution in [0.3, 0.4) is 0 Å². The molecule has 0 aliphatic heterocycles. The minimum absolute atomic E-state index is 0. The Morgan fingerprint density at radius 3 is 2.30 bits per heavy atom. The van der Waals surface area contributed by atoms with E-state index in [1.165, 1.54) is 19.3 Å². The second-order valence-electron chi connectivity index (χ2n) is 2.26. The van der Waals surface area contributed by atoms with Gasteiger partial charge in [-0.3, -0.25) is 0 Å². The van der Waals surface area contributed by atoms with Crippen LogP contribution in [0.2, 0.25) is 0 Å². The third kappa shape index (κ3) is 10.9. The molecule has 0 saturated carbocycles. The van der Waals surface area contributed by atoms with E-state index in [1.54, 1.807) is 0 Å². The molecule has 0 atom stereocenters. The zero-order chi connectivity index (χ0) is 6.95. The van der Waals surface area contributed by atoms with Gasteiger partial charge in [0, 0.05) is 6.42 Å². The molecule has 0 aliphatic carbocycles. The van der Waals surface area contributed by atoms with Crippen LogP contribution in [-0.2, 0) is 0 Å². The third-order valence-electron chi connectivity index (χ3n) is 1.26. The van der Waals surface area contributed by atoms with Crippen molar-refractivity contribution < 1.29 is 18.1 Å². The highest BCUT2D eigenvalue weighted by molar-refractivity contribution is 4.80. The summed E-state index contributed by atoms with van der Waals surface area (Å²) in [6.07, 6.45) is 9.50. The van der Waals surface area contributed by atoms with Crippen molar-refractivity contribution in [3.8, 4) is 0 Å². The van der Waals surface area contributed by atoms with Gasteiger partial charge in [-0.05, 0) is 6.42 Å². The van der Waals surface area contributed by atoms with Crippen molar-refractivity contribution in [2.75, 3.05) is 6.54 Å². The summed E-state index contributed by atoms with van der Waals surface area (Å²) in [4.78, 5) is 0. The topological polar surface area (TPSA) is 27.6 Å². The van der Waals surface area contributed by atoms with Crippen molar-refractivity contribution in [3.63, 3.8) is 0 Å². The summed E-state index contributed by atoms with van der Waals surface area (Å²) < 4.78 is 0. The fraction of sp³-hybridized carbons (Fsp3) is 0.750. The van der Waals surface area contributed by atoms with Gasteiger partial charge in [0.1, 0.15) is 0 Å². The van der Waals surface area contributed by atoms with Crippen LogP contribution in [0.1, 0.15) is 32.6 Å². The highest BCUT2D eigenvalue weighted by Gasteiger charge is 1.77. The molecular weight excluding hydrogens is 146 g/mol. The number of hydrogen-bond donors (Lipinski definition) is 1. The average molecular weight is 164 g/mol. The van der Waals surface area contributed by atoms with E-state index in [4.69, 9.17) is 0 Å². The van der Waals surface area contributed by atoms with Crippen molar-refractivity contribution in [1.82, 2.24) is 0 Å². The standard InChI is InChI=1S/C8H17N.ClH/c1-2-3-4-5-6-7-8-9;/h5-6H,2-4,7-9H2,1H3;1H/b6-5+;. The molecule has 0 aliphatic rings. The third-order valence-corrected chi connectivity index (χ3v) is 1.26. The predicted molar refractivity (Wildman–Crippen MR) is 41.0 cm³/mol. The lowest BCUT2D eigenvalue weighted by molar-refractivity contribution is -0.366. The number of quaternary nitrogens is 1. The van der Waals surface area contributed by atoms with Gasteiger partial charge in [-0.1, -0.05) is 31.9 Å². The highest BCUT2D eigenvalue weighted by atomic mass is 35.5. The second-order valence-corrected chi connectivity index (χ2v) is 2.26. The Labute approximate surface area is 70.1 Å². The molecule has 0 saturated heterocycles. The Kier molecular flexibility index (Phi) is 14.9. The van der Waals surface area contributed by atoms with Gasteiger partial charge in [-0.25, -0.2) is 0 Å². The quantitative estimate of drug-likeness (QED) is 0.373. The molecule has 0 bridgehead atoms. The van der Waals surface area contributed by atoms with E-state index in [2.05, 4.69) is 24.8 Å². The Balaban J connectivity index is 0. The smallest absolute Gasteiger partial charge is 0.0774 e. The van der Waals surface area contributed by atoms with Crippen LogP contribution in [0.5, 0.6) is 0 Å². The molecule has 0 aromatic carbocycles. The van der Waals surface area contributed by atoms with Crippen LogP contribution in [0.15, 0.2) is 12.2 Å². The zero-order valence-corrected chi connectivity index (χ0v) is 7.53. The molecule has 0 aromatic rings.